The minimum atomic E-state index is 0.617. The fourth-order valence-corrected chi connectivity index (χ4v) is 2.57. The molecule has 1 aliphatic heterocycles. The van der Waals surface area contributed by atoms with Gasteiger partial charge in [0.15, 0.2) is 0 Å². The fourth-order valence-electron chi connectivity index (χ4n) is 2.57. The summed E-state index contributed by atoms with van der Waals surface area (Å²) in [4.78, 5) is 2.62. The molecule has 0 bridgehead atoms. The van der Waals surface area contributed by atoms with Crippen LogP contribution < -0.4 is 5.32 Å². The van der Waals surface area contributed by atoms with Gasteiger partial charge >= 0.3 is 0 Å². The maximum absolute atomic E-state index is 5.23. The van der Waals surface area contributed by atoms with Crippen LogP contribution in [0.5, 0.6) is 0 Å². The van der Waals surface area contributed by atoms with E-state index in [9.17, 15) is 0 Å². The van der Waals surface area contributed by atoms with Crippen molar-refractivity contribution in [1.82, 2.24) is 10.2 Å². The summed E-state index contributed by atoms with van der Waals surface area (Å²) in [5.41, 5.74) is 0. The fraction of sp³-hybridized carbons (Fsp3) is 1.00. The van der Waals surface area contributed by atoms with Crippen LogP contribution >= 0.6 is 0 Å². The highest BCUT2D eigenvalue weighted by Crippen LogP contribution is 2.20. The predicted molar refractivity (Wildman–Crippen MR) is 68.8 cm³/mol. The van der Waals surface area contributed by atoms with Crippen molar-refractivity contribution >= 4 is 0 Å². The lowest BCUT2D eigenvalue weighted by Crippen LogP contribution is -2.43. The Bertz CT molecular complexity index is 179. The molecule has 0 radical (unpaired) electrons. The molecule has 0 aliphatic carbocycles. The number of methoxy groups -OCH3 is 1. The molecular weight excluding hydrogens is 200 g/mol. The van der Waals surface area contributed by atoms with Gasteiger partial charge in [0, 0.05) is 25.8 Å². The molecule has 1 saturated heterocycles. The first-order chi connectivity index (χ1) is 7.67. The van der Waals surface area contributed by atoms with Crippen molar-refractivity contribution < 1.29 is 4.74 Å². The van der Waals surface area contributed by atoms with Gasteiger partial charge < -0.3 is 15.0 Å². The Morgan fingerprint density at radius 1 is 1.31 bits per heavy atom. The van der Waals surface area contributed by atoms with Crippen LogP contribution in [0.1, 0.15) is 33.1 Å². The third-order valence-corrected chi connectivity index (χ3v) is 3.86. The molecular formula is C13H28N2O. The first kappa shape index (κ1) is 13.9. The smallest absolute Gasteiger partial charge is 0.0491 e. The molecule has 1 N–H and O–H groups in total. The molecule has 3 heteroatoms. The molecule has 0 aromatic rings. The average Bonchev–Trinajstić information content (AvgIpc) is 2.30. The first-order valence-corrected chi connectivity index (χ1v) is 6.57. The number of rotatable bonds is 6. The van der Waals surface area contributed by atoms with Crippen molar-refractivity contribution in [3.8, 4) is 0 Å². The van der Waals surface area contributed by atoms with E-state index in [1.807, 2.05) is 14.2 Å². The van der Waals surface area contributed by atoms with Crippen LogP contribution in [0.4, 0.5) is 0 Å². The van der Waals surface area contributed by atoms with Crippen molar-refractivity contribution in [2.24, 2.45) is 5.92 Å². The van der Waals surface area contributed by atoms with Crippen LogP contribution in [-0.4, -0.2) is 50.8 Å². The Hall–Kier alpha value is -0.120. The van der Waals surface area contributed by atoms with Crippen LogP contribution in [-0.2, 0) is 4.74 Å². The summed E-state index contributed by atoms with van der Waals surface area (Å²) < 4.78 is 5.23. The van der Waals surface area contributed by atoms with E-state index in [0.717, 1.165) is 12.5 Å². The molecule has 2 unspecified atom stereocenters. The van der Waals surface area contributed by atoms with Crippen molar-refractivity contribution in [2.75, 3.05) is 33.9 Å². The van der Waals surface area contributed by atoms with Gasteiger partial charge in [-0.25, -0.2) is 0 Å². The number of likely N-dealkylation sites (tertiary alicyclic amines) is 1. The van der Waals surface area contributed by atoms with Gasteiger partial charge in [-0.2, -0.15) is 0 Å². The maximum atomic E-state index is 5.23. The lowest BCUT2D eigenvalue weighted by molar-refractivity contribution is 0.0793. The summed E-state index contributed by atoms with van der Waals surface area (Å²) in [6.07, 6.45) is 3.84. The molecule has 0 saturated carbocycles. The van der Waals surface area contributed by atoms with Crippen LogP contribution in [0.2, 0.25) is 0 Å². The van der Waals surface area contributed by atoms with Crippen LogP contribution in [0, 0.1) is 5.92 Å². The number of hydrogen-bond acceptors (Lipinski definition) is 3. The monoisotopic (exact) mass is 228 g/mol. The van der Waals surface area contributed by atoms with Crippen LogP contribution in [0.3, 0.4) is 0 Å². The topological polar surface area (TPSA) is 24.5 Å². The van der Waals surface area contributed by atoms with Gasteiger partial charge in [0.25, 0.3) is 0 Å². The van der Waals surface area contributed by atoms with E-state index in [1.54, 1.807) is 0 Å². The van der Waals surface area contributed by atoms with E-state index in [1.165, 1.54) is 32.4 Å². The molecule has 96 valence electrons. The highest BCUT2D eigenvalue weighted by atomic mass is 16.5. The highest BCUT2D eigenvalue weighted by Gasteiger charge is 2.23. The molecule has 0 aromatic carbocycles. The zero-order valence-electron chi connectivity index (χ0n) is 11.3. The SMILES string of the molecule is CNC(C)CC(C)N1CCC(COC)CC1. The Balaban J connectivity index is 2.24. The minimum Gasteiger partial charge on any atom is -0.384 e. The van der Waals surface area contributed by atoms with Crippen molar-refractivity contribution in [2.45, 2.75) is 45.2 Å². The second kappa shape index (κ2) is 7.25. The Kier molecular flexibility index (Phi) is 6.32. The molecule has 1 aliphatic rings. The summed E-state index contributed by atoms with van der Waals surface area (Å²) in [5.74, 6) is 0.787. The summed E-state index contributed by atoms with van der Waals surface area (Å²) in [6.45, 7) is 8.03. The van der Waals surface area contributed by atoms with Gasteiger partial charge in [-0.05, 0) is 59.2 Å². The van der Waals surface area contributed by atoms with E-state index in [4.69, 9.17) is 4.74 Å². The van der Waals surface area contributed by atoms with E-state index in [-0.39, 0.29) is 0 Å². The zero-order chi connectivity index (χ0) is 12.0. The third kappa shape index (κ3) is 4.40. The Labute approximate surface area is 101 Å². The van der Waals surface area contributed by atoms with Gasteiger partial charge in [0.05, 0.1) is 0 Å². The summed E-state index contributed by atoms with van der Waals surface area (Å²) in [7, 11) is 3.85. The molecule has 16 heavy (non-hydrogen) atoms. The molecule has 2 atom stereocenters. The molecule has 0 aromatic heterocycles. The lowest BCUT2D eigenvalue weighted by atomic mass is 9.95. The van der Waals surface area contributed by atoms with Crippen LogP contribution in [0.25, 0.3) is 0 Å². The minimum absolute atomic E-state index is 0.617. The van der Waals surface area contributed by atoms with Gasteiger partial charge in [0.2, 0.25) is 0 Å². The number of nitrogens with zero attached hydrogens (tertiary/aromatic N) is 1. The van der Waals surface area contributed by atoms with Crippen molar-refractivity contribution in [3.63, 3.8) is 0 Å². The van der Waals surface area contributed by atoms with Crippen molar-refractivity contribution in [1.29, 1.82) is 0 Å². The zero-order valence-corrected chi connectivity index (χ0v) is 11.3. The molecule has 1 rings (SSSR count). The van der Waals surface area contributed by atoms with Gasteiger partial charge in [-0.15, -0.1) is 0 Å². The Morgan fingerprint density at radius 3 is 2.44 bits per heavy atom. The highest BCUT2D eigenvalue weighted by molar-refractivity contribution is 4.78. The number of hydrogen-bond donors (Lipinski definition) is 1. The average molecular weight is 228 g/mol. The number of ether oxygens (including phenoxy) is 1. The van der Waals surface area contributed by atoms with E-state index < -0.39 is 0 Å². The second-order valence-corrected chi connectivity index (χ2v) is 5.21. The Morgan fingerprint density at radius 2 is 1.94 bits per heavy atom. The molecule has 0 spiro atoms. The first-order valence-electron chi connectivity index (χ1n) is 6.57. The second-order valence-electron chi connectivity index (χ2n) is 5.21. The van der Waals surface area contributed by atoms with E-state index in [0.29, 0.717) is 12.1 Å². The number of nitrogens with one attached hydrogen (secondary N) is 1. The van der Waals surface area contributed by atoms with Crippen LogP contribution in [0.15, 0.2) is 0 Å². The molecule has 1 heterocycles. The standard InChI is InChI=1S/C13H28N2O/c1-11(14-3)9-12(2)15-7-5-13(6-8-15)10-16-4/h11-14H,5-10H2,1-4H3. The lowest BCUT2D eigenvalue weighted by Gasteiger charge is -2.36. The summed E-state index contributed by atoms with van der Waals surface area (Å²) >= 11 is 0. The third-order valence-electron chi connectivity index (χ3n) is 3.86. The summed E-state index contributed by atoms with van der Waals surface area (Å²) in [5, 5.41) is 3.32. The molecule has 0 amide bonds. The normalized spacial score (nSPS) is 23.2. The van der Waals surface area contributed by atoms with Gasteiger partial charge in [-0.1, -0.05) is 0 Å². The molecule has 1 fully saturated rings. The number of piperidine rings is 1. The van der Waals surface area contributed by atoms with Crippen molar-refractivity contribution in [3.05, 3.63) is 0 Å². The predicted octanol–water partition coefficient (Wildman–Crippen LogP) is 1.73. The molecule has 3 nitrogen and oxygen atoms in total. The maximum Gasteiger partial charge on any atom is 0.0491 e. The quantitative estimate of drug-likeness (QED) is 0.749. The summed E-state index contributed by atoms with van der Waals surface area (Å²) in [6, 6.07) is 1.32. The van der Waals surface area contributed by atoms with E-state index >= 15 is 0 Å². The van der Waals surface area contributed by atoms with Gasteiger partial charge in [0.1, 0.15) is 0 Å². The van der Waals surface area contributed by atoms with Gasteiger partial charge in [-0.3, -0.25) is 0 Å². The largest absolute Gasteiger partial charge is 0.384 e. The van der Waals surface area contributed by atoms with E-state index in [2.05, 4.69) is 24.1 Å².